The van der Waals surface area contributed by atoms with Gasteiger partial charge in [0, 0.05) is 5.02 Å². The highest BCUT2D eigenvalue weighted by Crippen LogP contribution is 2.14. The molecule has 0 heterocycles. The van der Waals surface area contributed by atoms with Crippen LogP contribution in [0.2, 0.25) is 5.02 Å². The molecule has 1 N–H and O–H groups in total. The van der Waals surface area contributed by atoms with Crippen molar-refractivity contribution in [3.05, 3.63) is 34.6 Å². The average Bonchev–Trinajstić information content (AvgIpc) is 2.28. The summed E-state index contributed by atoms with van der Waals surface area (Å²) in [7, 11) is 0. The van der Waals surface area contributed by atoms with Gasteiger partial charge >= 0.3 is 0 Å². The standard InChI is InChI=1S/C12H12ClFN2O/c1-2-3-9(7-15)16-12(17)10-5-4-8(13)6-11(10)14/h4-6,9H,2-3H2,1H3,(H,16,17). The van der Waals surface area contributed by atoms with Gasteiger partial charge in [0.2, 0.25) is 0 Å². The fraction of sp³-hybridized carbons (Fsp3) is 0.333. The second-order valence-corrected chi connectivity index (χ2v) is 4.00. The van der Waals surface area contributed by atoms with Crippen molar-refractivity contribution in [2.24, 2.45) is 0 Å². The van der Waals surface area contributed by atoms with Crippen molar-refractivity contribution in [1.29, 1.82) is 5.26 Å². The highest BCUT2D eigenvalue weighted by atomic mass is 35.5. The maximum atomic E-state index is 13.4. The molecular formula is C12H12ClFN2O. The number of nitrogens with zero attached hydrogens (tertiary/aromatic N) is 1. The van der Waals surface area contributed by atoms with Crippen LogP contribution in [0.3, 0.4) is 0 Å². The van der Waals surface area contributed by atoms with Gasteiger partial charge in [-0.3, -0.25) is 4.79 Å². The third-order valence-corrected chi connectivity index (χ3v) is 2.45. The molecule has 1 amide bonds. The van der Waals surface area contributed by atoms with E-state index in [1.165, 1.54) is 12.1 Å². The summed E-state index contributed by atoms with van der Waals surface area (Å²) in [6.45, 7) is 1.90. The summed E-state index contributed by atoms with van der Waals surface area (Å²) in [5.74, 6) is -1.29. The van der Waals surface area contributed by atoms with Crippen molar-refractivity contribution in [3.8, 4) is 6.07 Å². The van der Waals surface area contributed by atoms with Gasteiger partial charge in [-0.2, -0.15) is 5.26 Å². The van der Waals surface area contributed by atoms with Crippen LogP contribution < -0.4 is 5.32 Å². The second-order valence-electron chi connectivity index (χ2n) is 3.57. The maximum Gasteiger partial charge on any atom is 0.255 e. The topological polar surface area (TPSA) is 52.9 Å². The Bertz CT molecular complexity index is 456. The van der Waals surface area contributed by atoms with Crippen LogP contribution >= 0.6 is 11.6 Å². The molecule has 1 unspecified atom stereocenters. The van der Waals surface area contributed by atoms with Crippen LogP contribution in [0.25, 0.3) is 0 Å². The van der Waals surface area contributed by atoms with Crippen LogP contribution in [0.15, 0.2) is 18.2 Å². The van der Waals surface area contributed by atoms with Gasteiger partial charge in [-0.15, -0.1) is 0 Å². The van der Waals surface area contributed by atoms with Crippen LogP contribution in [-0.4, -0.2) is 11.9 Å². The first kappa shape index (κ1) is 13.5. The molecule has 0 spiro atoms. The molecule has 0 aromatic heterocycles. The largest absolute Gasteiger partial charge is 0.336 e. The number of hydrogen-bond acceptors (Lipinski definition) is 2. The first-order chi connectivity index (χ1) is 8.08. The summed E-state index contributed by atoms with van der Waals surface area (Å²) in [6, 6.07) is 5.16. The highest BCUT2D eigenvalue weighted by Gasteiger charge is 2.15. The normalized spacial score (nSPS) is 11.6. The Morgan fingerprint density at radius 2 is 2.35 bits per heavy atom. The molecule has 90 valence electrons. The Kier molecular flexibility index (Phi) is 4.92. The lowest BCUT2D eigenvalue weighted by molar-refractivity contribution is 0.0940. The lowest BCUT2D eigenvalue weighted by Crippen LogP contribution is -2.34. The van der Waals surface area contributed by atoms with Gasteiger partial charge in [0.25, 0.3) is 5.91 Å². The lowest BCUT2D eigenvalue weighted by atomic mass is 10.1. The molecule has 1 aromatic rings. The second kappa shape index (κ2) is 6.21. The van der Waals surface area contributed by atoms with Gasteiger partial charge in [0.05, 0.1) is 11.6 Å². The SMILES string of the molecule is CCCC(C#N)NC(=O)c1ccc(Cl)cc1F. The number of hydrogen-bond donors (Lipinski definition) is 1. The van der Waals surface area contributed by atoms with E-state index in [-0.39, 0.29) is 10.6 Å². The Morgan fingerprint density at radius 1 is 1.65 bits per heavy atom. The van der Waals surface area contributed by atoms with Crippen LogP contribution in [0.4, 0.5) is 4.39 Å². The molecule has 3 nitrogen and oxygen atoms in total. The van der Waals surface area contributed by atoms with Crippen molar-refractivity contribution in [2.45, 2.75) is 25.8 Å². The number of carbonyl (C=O) groups excluding carboxylic acids is 1. The molecule has 1 atom stereocenters. The summed E-state index contributed by atoms with van der Waals surface area (Å²) < 4.78 is 13.4. The molecule has 1 aromatic carbocycles. The van der Waals surface area contributed by atoms with E-state index in [2.05, 4.69) is 5.32 Å². The van der Waals surface area contributed by atoms with Crippen LogP contribution in [0.1, 0.15) is 30.1 Å². The number of nitrogens with one attached hydrogen (secondary N) is 1. The first-order valence-electron chi connectivity index (χ1n) is 5.24. The van der Waals surface area contributed by atoms with E-state index >= 15 is 0 Å². The van der Waals surface area contributed by atoms with Crippen molar-refractivity contribution in [3.63, 3.8) is 0 Å². The van der Waals surface area contributed by atoms with Crippen molar-refractivity contribution in [1.82, 2.24) is 5.32 Å². The van der Waals surface area contributed by atoms with Gasteiger partial charge in [0.15, 0.2) is 0 Å². The molecule has 0 aliphatic rings. The van der Waals surface area contributed by atoms with Gasteiger partial charge in [-0.25, -0.2) is 4.39 Å². The van der Waals surface area contributed by atoms with E-state index in [4.69, 9.17) is 16.9 Å². The fourth-order valence-corrected chi connectivity index (χ4v) is 1.53. The van der Waals surface area contributed by atoms with Crippen molar-refractivity contribution in [2.75, 3.05) is 0 Å². The lowest BCUT2D eigenvalue weighted by Gasteiger charge is -2.10. The van der Waals surface area contributed by atoms with Gasteiger partial charge in [0.1, 0.15) is 11.9 Å². The minimum absolute atomic E-state index is 0.106. The minimum atomic E-state index is -0.691. The van der Waals surface area contributed by atoms with E-state index in [0.717, 1.165) is 12.5 Å². The molecule has 0 aliphatic carbocycles. The highest BCUT2D eigenvalue weighted by molar-refractivity contribution is 6.30. The fourth-order valence-electron chi connectivity index (χ4n) is 1.37. The summed E-state index contributed by atoms with van der Waals surface area (Å²) in [4.78, 5) is 11.7. The maximum absolute atomic E-state index is 13.4. The summed E-state index contributed by atoms with van der Waals surface area (Å²) in [5.41, 5.74) is -0.106. The van der Waals surface area contributed by atoms with Gasteiger partial charge in [-0.05, 0) is 24.6 Å². The Labute approximate surface area is 104 Å². The molecule has 0 saturated heterocycles. The zero-order valence-electron chi connectivity index (χ0n) is 9.34. The summed E-state index contributed by atoms with van der Waals surface area (Å²) in [5, 5.41) is 11.5. The molecule has 0 fully saturated rings. The Hall–Kier alpha value is -1.60. The smallest absolute Gasteiger partial charge is 0.255 e. The van der Waals surface area contributed by atoms with Gasteiger partial charge in [-0.1, -0.05) is 24.9 Å². The molecule has 17 heavy (non-hydrogen) atoms. The van der Waals surface area contributed by atoms with Crippen LogP contribution in [0.5, 0.6) is 0 Å². The zero-order valence-corrected chi connectivity index (χ0v) is 10.1. The number of benzene rings is 1. The molecule has 0 radical (unpaired) electrons. The van der Waals surface area contributed by atoms with E-state index in [1.54, 1.807) is 0 Å². The zero-order chi connectivity index (χ0) is 12.8. The predicted molar refractivity (Wildman–Crippen MR) is 63.2 cm³/mol. The average molecular weight is 255 g/mol. The van der Waals surface area contributed by atoms with E-state index in [0.29, 0.717) is 6.42 Å². The third-order valence-electron chi connectivity index (χ3n) is 2.21. The summed E-state index contributed by atoms with van der Waals surface area (Å²) >= 11 is 5.58. The predicted octanol–water partition coefficient (Wildman–Crippen LogP) is 2.90. The number of halogens is 2. The molecule has 5 heteroatoms. The third kappa shape index (κ3) is 3.72. The molecule has 0 bridgehead atoms. The number of amides is 1. The Balaban J connectivity index is 2.79. The quantitative estimate of drug-likeness (QED) is 0.898. The monoisotopic (exact) mass is 254 g/mol. The molecular weight excluding hydrogens is 243 g/mol. The van der Waals surface area contributed by atoms with E-state index in [9.17, 15) is 9.18 Å². The van der Waals surface area contributed by atoms with Crippen molar-refractivity contribution >= 4 is 17.5 Å². The Morgan fingerprint density at radius 3 is 2.88 bits per heavy atom. The van der Waals surface area contributed by atoms with E-state index in [1.807, 2.05) is 13.0 Å². The number of rotatable bonds is 4. The van der Waals surface area contributed by atoms with Gasteiger partial charge < -0.3 is 5.32 Å². The van der Waals surface area contributed by atoms with Crippen LogP contribution in [-0.2, 0) is 0 Å². The molecule has 0 aliphatic heterocycles. The van der Waals surface area contributed by atoms with E-state index < -0.39 is 17.8 Å². The number of nitriles is 1. The first-order valence-corrected chi connectivity index (χ1v) is 5.61. The van der Waals surface area contributed by atoms with Crippen molar-refractivity contribution < 1.29 is 9.18 Å². The molecule has 1 rings (SSSR count). The van der Waals surface area contributed by atoms with Crippen LogP contribution in [0, 0.1) is 17.1 Å². The molecule has 0 saturated carbocycles. The summed E-state index contributed by atoms with van der Waals surface area (Å²) in [6.07, 6.45) is 1.30. The minimum Gasteiger partial charge on any atom is -0.336 e. The number of carbonyl (C=O) groups is 1.